The normalized spacial score (nSPS) is 24.1. The van der Waals surface area contributed by atoms with Gasteiger partial charge in [0.05, 0.1) is 0 Å². The van der Waals surface area contributed by atoms with E-state index in [2.05, 4.69) is 5.10 Å². The third-order valence-corrected chi connectivity index (χ3v) is 3.21. The number of H-pyrrole nitrogens is 1. The van der Waals surface area contributed by atoms with E-state index >= 15 is 0 Å². The molecule has 0 amide bonds. The highest BCUT2D eigenvalue weighted by Gasteiger charge is 2.52. The van der Waals surface area contributed by atoms with E-state index in [-0.39, 0.29) is 6.61 Å². The molecule has 1 fully saturated rings. The summed E-state index contributed by atoms with van der Waals surface area (Å²) in [6.07, 6.45) is -4.21. The topological polar surface area (TPSA) is 165 Å². The van der Waals surface area contributed by atoms with Crippen molar-refractivity contribution in [3.63, 3.8) is 0 Å². The molecule has 13 nitrogen and oxygen atoms in total. The molecule has 0 bridgehead atoms. The molecule has 13 heteroatoms. The largest absolute Gasteiger partial charge is 0.463 e. The Bertz CT molecular complexity index is 831. The van der Waals surface area contributed by atoms with E-state index < -0.39 is 53.8 Å². The number of rotatable bonds is 6. The molecular weight excluding hydrogens is 370 g/mol. The van der Waals surface area contributed by atoms with E-state index in [1.165, 1.54) is 0 Å². The number of hydrogen-bond donors (Lipinski definition) is 1. The first-order valence-corrected chi connectivity index (χ1v) is 7.66. The van der Waals surface area contributed by atoms with Crippen molar-refractivity contribution in [2.45, 2.75) is 45.4 Å². The fraction of sp³-hybridized carbons (Fsp3) is 0.571. The minimum Gasteiger partial charge on any atom is -0.463 e. The van der Waals surface area contributed by atoms with Gasteiger partial charge >= 0.3 is 23.6 Å². The van der Waals surface area contributed by atoms with Crippen molar-refractivity contribution in [2.75, 3.05) is 6.61 Å². The van der Waals surface area contributed by atoms with Gasteiger partial charge in [0, 0.05) is 20.8 Å². The Labute approximate surface area is 151 Å². The maximum atomic E-state index is 11.7. The number of carbonyl (C=O) groups is 3. The summed E-state index contributed by atoms with van der Waals surface area (Å²) in [6.45, 7) is 3.05. The van der Waals surface area contributed by atoms with Gasteiger partial charge in [0.25, 0.3) is 11.8 Å². The zero-order chi connectivity index (χ0) is 20.1. The van der Waals surface area contributed by atoms with Crippen LogP contribution in [0.4, 0.5) is 0 Å². The smallest absolute Gasteiger partial charge is 0.379 e. The number of aromatic amines is 1. The van der Waals surface area contributed by atoms with Gasteiger partial charge < -0.3 is 23.8 Å². The number of ether oxygens (including phenoxy) is 4. The number of carbonyl (C=O) groups excluding carboxylic acids is 3. The third-order valence-electron chi connectivity index (χ3n) is 3.21. The van der Waals surface area contributed by atoms with Crippen molar-refractivity contribution in [1.82, 2.24) is 14.9 Å². The number of nitrogens with zero attached hydrogens (tertiary/aromatic N) is 2. The lowest BCUT2D eigenvalue weighted by Crippen LogP contribution is -2.46. The average molecular weight is 387 g/mol. The Morgan fingerprint density at radius 2 is 1.74 bits per heavy atom. The molecule has 27 heavy (non-hydrogen) atoms. The second-order valence-electron chi connectivity index (χ2n) is 5.41. The van der Waals surface area contributed by atoms with Crippen LogP contribution in [0.15, 0.2) is 15.8 Å². The summed E-state index contributed by atoms with van der Waals surface area (Å²) in [4.78, 5) is 64.2. The lowest BCUT2D eigenvalue weighted by atomic mass is 10.1. The number of esters is 3. The molecule has 2 heterocycles. The molecule has 1 saturated heterocycles. The lowest BCUT2D eigenvalue weighted by Gasteiger charge is -2.22. The monoisotopic (exact) mass is 387 g/mol. The predicted octanol–water partition coefficient (Wildman–Crippen LogP) is -2.49. The lowest BCUT2D eigenvalue weighted by molar-refractivity contribution is -0.198. The van der Waals surface area contributed by atoms with Gasteiger partial charge in [-0.3, -0.25) is 24.2 Å². The maximum absolute atomic E-state index is 11.7. The molecule has 4 atom stereocenters. The van der Waals surface area contributed by atoms with Crippen LogP contribution in [0.5, 0.6) is 0 Å². The molecule has 2 rings (SSSR count). The minimum atomic E-state index is -1.45. The quantitative estimate of drug-likeness (QED) is 0.405. The highest BCUT2D eigenvalue weighted by Crippen LogP contribution is 2.27. The van der Waals surface area contributed by atoms with Crippen molar-refractivity contribution in [1.29, 1.82) is 0 Å². The average Bonchev–Trinajstić information content (AvgIpc) is 2.84. The van der Waals surface area contributed by atoms with Crippen LogP contribution >= 0.6 is 0 Å². The predicted molar refractivity (Wildman–Crippen MR) is 82.1 cm³/mol. The molecular formula is C14H17N3O10. The number of nitrogens with one attached hydrogen (secondary N) is 1. The first-order valence-electron chi connectivity index (χ1n) is 7.66. The number of hydrogen-bond acceptors (Lipinski definition) is 11. The van der Waals surface area contributed by atoms with Gasteiger partial charge in [-0.2, -0.15) is 0 Å². The van der Waals surface area contributed by atoms with E-state index in [0.717, 1.165) is 27.0 Å². The first-order chi connectivity index (χ1) is 12.7. The second kappa shape index (κ2) is 8.44. The fourth-order valence-electron chi connectivity index (χ4n) is 2.28. The van der Waals surface area contributed by atoms with Gasteiger partial charge in [0.2, 0.25) is 6.10 Å². The summed E-state index contributed by atoms with van der Waals surface area (Å²) in [7, 11) is 0. The van der Waals surface area contributed by atoms with Crippen molar-refractivity contribution >= 4 is 17.9 Å². The van der Waals surface area contributed by atoms with Crippen LogP contribution < -0.4 is 16.1 Å². The van der Waals surface area contributed by atoms with Crippen LogP contribution in [0, 0.1) is 0 Å². The molecule has 1 aromatic heterocycles. The van der Waals surface area contributed by atoms with Gasteiger partial charge in [0.15, 0.2) is 6.10 Å². The third kappa shape index (κ3) is 5.37. The highest BCUT2D eigenvalue weighted by atomic mass is 16.8. The molecule has 0 spiro atoms. The Morgan fingerprint density at radius 1 is 1.11 bits per heavy atom. The minimum absolute atomic E-state index is 0.334. The Kier molecular flexibility index (Phi) is 6.28. The van der Waals surface area contributed by atoms with Crippen LogP contribution in [-0.2, 0) is 33.3 Å². The Hall–Kier alpha value is -3.22. The van der Waals surface area contributed by atoms with E-state index in [1.807, 2.05) is 4.98 Å². The van der Waals surface area contributed by atoms with E-state index in [0.29, 0.717) is 4.85 Å². The van der Waals surface area contributed by atoms with Crippen molar-refractivity contribution in [3.05, 3.63) is 27.0 Å². The summed E-state index contributed by atoms with van der Waals surface area (Å²) in [6, 6.07) is 0. The molecule has 1 aliphatic heterocycles. The fourth-order valence-corrected chi connectivity index (χ4v) is 2.28. The van der Waals surface area contributed by atoms with E-state index in [4.69, 9.17) is 23.8 Å². The van der Waals surface area contributed by atoms with Gasteiger partial charge in [-0.15, -0.1) is 5.10 Å². The summed E-state index contributed by atoms with van der Waals surface area (Å²) in [5.74, 6) is -2.08. The summed E-state index contributed by atoms with van der Waals surface area (Å²) < 4.78 is 20.5. The Morgan fingerprint density at radius 3 is 2.30 bits per heavy atom. The molecule has 0 saturated carbocycles. The molecule has 0 aliphatic carbocycles. The molecule has 1 aromatic rings. The zero-order valence-corrected chi connectivity index (χ0v) is 14.6. The van der Waals surface area contributed by atoms with Crippen LogP contribution in [0.2, 0.25) is 0 Å². The highest BCUT2D eigenvalue weighted by molar-refractivity contribution is 5.67. The van der Waals surface area contributed by atoms with E-state index in [9.17, 15) is 24.0 Å². The van der Waals surface area contributed by atoms with Crippen molar-refractivity contribution in [2.24, 2.45) is 0 Å². The molecule has 0 radical (unpaired) electrons. The summed E-state index contributed by atoms with van der Waals surface area (Å²) >= 11 is 0. The van der Waals surface area contributed by atoms with Crippen molar-refractivity contribution in [3.8, 4) is 0 Å². The Balaban J connectivity index is 2.29. The zero-order valence-electron chi connectivity index (χ0n) is 14.6. The van der Waals surface area contributed by atoms with Gasteiger partial charge in [-0.05, 0) is 4.85 Å². The van der Waals surface area contributed by atoms with Crippen LogP contribution in [-0.4, -0.2) is 64.0 Å². The van der Waals surface area contributed by atoms with Crippen molar-refractivity contribution < 1.29 is 38.2 Å². The van der Waals surface area contributed by atoms with E-state index in [1.54, 1.807) is 0 Å². The first kappa shape index (κ1) is 20.1. The van der Waals surface area contributed by atoms with Gasteiger partial charge in [0.1, 0.15) is 18.9 Å². The number of aromatic nitrogens is 3. The van der Waals surface area contributed by atoms with Crippen LogP contribution in [0.25, 0.3) is 0 Å². The SMILES string of the molecule is CC(=O)OC[C@H]1O[C@@H](On2ncc(=O)[nH]c2=O)[C@H](OC(C)=O)[C@@H]1OC(C)=O. The van der Waals surface area contributed by atoms with Crippen LogP contribution in [0.1, 0.15) is 20.8 Å². The molecule has 1 aliphatic rings. The van der Waals surface area contributed by atoms with Gasteiger partial charge in [-0.25, -0.2) is 4.79 Å². The summed E-state index contributed by atoms with van der Waals surface area (Å²) in [5.41, 5.74) is -1.77. The standard InChI is InChI=1S/C14H17N3O10/c1-6(18)23-5-9-11(24-7(2)19)12(25-8(3)20)13(26-9)27-17-14(22)16-10(21)4-15-17/h4,9,11-13H,5H2,1-3H3,(H,16,21,22)/t9-,11-,12-,13+/m1/s1. The molecule has 148 valence electrons. The molecule has 0 unspecified atom stereocenters. The van der Waals surface area contributed by atoms with Gasteiger partial charge in [-0.1, -0.05) is 0 Å². The molecule has 1 N–H and O–H groups in total. The summed E-state index contributed by atoms with van der Waals surface area (Å²) in [5, 5.41) is 3.46. The maximum Gasteiger partial charge on any atom is 0.379 e. The molecule has 0 aromatic carbocycles. The van der Waals surface area contributed by atoms with Crippen LogP contribution in [0.3, 0.4) is 0 Å². The second-order valence-corrected chi connectivity index (χ2v) is 5.41.